The number of aryl methyl sites for hydroxylation is 1. The molecule has 3 heterocycles. The number of fused-ring (bicyclic) bond motifs is 2. The zero-order valence-corrected chi connectivity index (χ0v) is 17.8. The van der Waals surface area contributed by atoms with Gasteiger partial charge in [-0.05, 0) is 81.1 Å². The molecule has 0 bridgehead atoms. The van der Waals surface area contributed by atoms with Gasteiger partial charge >= 0.3 is 0 Å². The molecule has 0 saturated carbocycles. The number of pyridine rings is 1. The molecule has 0 fully saturated rings. The number of ether oxygens (including phenoxy) is 2. The molecule has 0 unspecified atom stereocenters. The first-order chi connectivity index (χ1) is 14.7. The number of carbonyl (C=O) groups is 1. The van der Waals surface area contributed by atoms with Crippen LogP contribution in [0, 0.1) is 0 Å². The normalized spacial score (nSPS) is 18.5. The number of benzene rings is 1. The summed E-state index contributed by atoms with van der Waals surface area (Å²) in [5, 5.41) is 0. The number of hydrogen-bond donors (Lipinski definition) is 0. The largest absolute Gasteiger partial charge is 0.454 e. The highest BCUT2D eigenvalue weighted by Gasteiger charge is 2.19. The monoisotopic (exact) mass is 409 g/mol. The van der Waals surface area contributed by atoms with Crippen LogP contribution in [-0.4, -0.2) is 54.2 Å². The second-order valence-corrected chi connectivity index (χ2v) is 8.24. The minimum absolute atomic E-state index is 0.0501. The highest BCUT2D eigenvalue weighted by molar-refractivity contribution is 5.92. The molecule has 0 aliphatic carbocycles. The smallest absolute Gasteiger partial charge is 0.272 e. The fourth-order valence-corrected chi connectivity index (χ4v) is 4.22. The van der Waals surface area contributed by atoms with Gasteiger partial charge in [0.2, 0.25) is 6.79 Å². The summed E-state index contributed by atoms with van der Waals surface area (Å²) in [6.45, 7) is 3.80. The average molecular weight is 410 g/mol. The van der Waals surface area contributed by atoms with Crippen molar-refractivity contribution < 1.29 is 14.3 Å². The third-order valence-electron chi connectivity index (χ3n) is 5.90. The fourth-order valence-electron chi connectivity index (χ4n) is 4.22. The Kier molecular flexibility index (Phi) is 6.84. The van der Waals surface area contributed by atoms with Crippen molar-refractivity contribution in [3.63, 3.8) is 0 Å². The van der Waals surface area contributed by atoms with Crippen LogP contribution in [0.1, 0.15) is 53.7 Å². The van der Waals surface area contributed by atoms with E-state index in [1.807, 2.05) is 23.1 Å². The number of nitrogens with zero attached hydrogens (tertiary/aromatic N) is 3. The first-order valence-corrected chi connectivity index (χ1v) is 11.0. The van der Waals surface area contributed by atoms with E-state index in [-0.39, 0.29) is 5.91 Å². The average Bonchev–Trinajstić information content (AvgIpc) is 3.22. The summed E-state index contributed by atoms with van der Waals surface area (Å²) in [7, 11) is 2.16. The fraction of sp³-hybridized carbons (Fsp3) is 0.500. The topological polar surface area (TPSA) is 54.9 Å². The maximum Gasteiger partial charge on any atom is 0.272 e. The second-order valence-electron chi connectivity index (χ2n) is 8.24. The van der Waals surface area contributed by atoms with E-state index in [1.165, 1.54) is 11.1 Å². The van der Waals surface area contributed by atoms with Crippen LogP contribution in [0.5, 0.6) is 11.5 Å². The van der Waals surface area contributed by atoms with Gasteiger partial charge in [-0.15, -0.1) is 0 Å². The third-order valence-corrected chi connectivity index (χ3v) is 5.90. The lowest BCUT2D eigenvalue weighted by atomic mass is 9.99. The summed E-state index contributed by atoms with van der Waals surface area (Å²) in [6, 6.07) is 9.85. The quantitative estimate of drug-likeness (QED) is 0.715. The molecule has 30 heavy (non-hydrogen) atoms. The molecule has 0 radical (unpaired) electrons. The molecular formula is C24H31N3O3. The van der Waals surface area contributed by atoms with Crippen LogP contribution < -0.4 is 9.47 Å². The summed E-state index contributed by atoms with van der Waals surface area (Å²) in [5.41, 5.74) is 3.23. The molecule has 0 spiro atoms. The number of carbonyl (C=O) groups excluding carboxylic acids is 1. The predicted molar refractivity (Wildman–Crippen MR) is 116 cm³/mol. The molecule has 6 nitrogen and oxygen atoms in total. The van der Waals surface area contributed by atoms with Crippen LogP contribution in [0.4, 0.5) is 0 Å². The summed E-state index contributed by atoms with van der Waals surface area (Å²) in [4.78, 5) is 21.5. The highest BCUT2D eigenvalue weighted by Crippen LogP contribution is 2.36. The van der Waals surface area contributed by atoms with E-state index in [4.69, 9.17) is 9.47 Å². The van der Waals surface area contributed by atoms with Gasteiger partial charge in [0.25, 0.3) is 5.91 Å². The van der Waals surface area contributed by atoms with Crippen molar-refractivity contribution >= 4 is 5.91 Å². The molecule has 2 aliphatic rings. The molecule has 4 rings (SSSR count). The Labute approximate surface area is 178 Å². The van der Waals surface area contributed by atoms with E-state index >= 15 is 0 Å². The third kappa shape index (κ3) is 5.11. The van der Waals surface area contributed by atoms with Gasteiger partial charge < -0.3 is 19.3 Å². The number of hydrogen-bond acceptors (Lipinski definition) is 5. The van der Waals surface area contributed by atoms with Gasteiger partial charge in [0.15, 0.2) is 11.5 Å². The minimum atomic E-state index is 0.0501. The van der Waals surface area contributed by atoms with Crippen molar-refractivity contribution in [1.29, 1.82) is 0 Å². The number of aromatic nitrogens is 1. The molecule has 2 aliphatic heterocycles. The van der Waals surface area contributed by atoms with Crippen LogP contribution in [0.25, 0.3) is 0 Å². The van der Waals surface area contributed by atoms with Crippen molar-refractivity contribution in [2.24, 2.45) is 0 Å². The van der Waals surface area contributed by atoms with E-state index < -0.39 is 0 Å². The van der Waals surface area contributed by atoms with Crippen molar-refractivity contribution in [2.45, 2.75) is 45.1 Å². The molecule has 0 N–H and O–H groups in total. The molecule has 2 aromatic rings. The molecule has 1 aromatic heterocycles. The van der Waals surface area contributed by atoms with Gasteiger partial charge in [-0.2, -0.15) is 0 Å². The summed E-state index contributed by atoms with van der Waals surface area (Å²) < 4.78 is 11.2. The molecule has 0 atom stereocenters. The van der Waals surface area contributed by atoms with Crippen LogP contribution >= 0.6 is 0 Å². The lowest BCUT2D eigenvalue weighted by Crippen LogP contribution is -2.34. The number of amides is 1. The van der Waals surface area contributed by atoms with Gasteiger partial charge in [-0.25, -0.2) is 0 Å². The van der Waals surface area contributed by atoms with E-state index in [0.29, 0.717) is 12.5 Å². The Hall–Kier alpha value is -2.60. The summed E-state index contributed by atoms with van der Waals surface area (Å²) in [5.74, 6) is 1.78. The Morgan fingerprint density at radius 1 is 0.933 bits per heavy atom. The van der Waals surface area contributed by atoms with E-state index in [0.717, 1.165) is 76.2 Å². The zero-order valence-electron chi connectivity index (χ0n) is 17.8. The van der Waals surface area contributed by atoms with E-state index in [1.54, 1.807) is 6.20 Å². The maximum absolute atomic E-state index is 12.9. The van der Waals surface area contributed by atoms with Gasteiger partial charge in [-0.3, -0.25) is 9.78 Å². The van der Waals surface area contributed by atoms with Gasteiger partial charge in [-0.1, -0.05) is 12.5 Å². The van der Waals surface area contributed by atoms with Crippen LogP contribution in [0.3, 0.4) is 0 Å². The van der Waals surface area contributed by atoms with Crippen molar-refractivity contribution in [2.75, 3.05) is 33.5 Å². The van der Waals surface area contributed by atoms with Crippen LogP contribution in [-0.2, 0) is 13.0 Å². The first-order valence-electron chi connectivity index (χ1n) is 11.0. The molecule has 1 aromatic carbocycles. The first kappa shape index (κ1) is 20.7. The lowest BCUT2D eigenvalue weighted by molar-refractivity contribution is 0.0742. The Morgan fingerprint density at radius 3 is 2.43 bits per heavy atom. The summed E-state index contributed by atoms with van der Waals surface area (Å²) in [6.07, 6.45) is 7.97. The molecule has 6 heteroatoms. The standard InChI is InChI=1S/C24H31N3O3/c1-26-12-7-8-14-27(24(28)21-10-4-5-11-25-21)13-6-2-3-9-19-15-22-23(30-18-29-22)16-20(19)17-26/h4-5,10-11,15-16H,2-3,6-9,12-14,17-18H2,1H3. The van der Waals surface area contributed by atoms with Gasteiger partial charge in [0.1, 0.15) is 5.69 Å². The molecule has 160 valence electrons. The SMILES string of the molecule is CN1CCCCN(C(=O)c2ccccn2)CCCCCc2cc3c(cc2C1)OCO3. The molecule has 0 saturated heterocycles. The van der Waals surface area contributed by atoms with Crippen molar-refractivity contribution in [3.8, 4) is 11.5 Å². The van der Waals surface area contributed by atoms with E-state index in [9.17, 15) is 4.79 Å². The van der Waals surface area contributed by atoms with Crippen molar-refractivity contribution in [1.82, 2.24) is 14.8 Å². The Balaban J connectivity index is 1.44. The van der Waals surface area contributed by atoms with E-state index in [2.05, 4.69) is 29.1 Å². The number of rotatable bonds is 1. The highest BCUT2D eigenvalue weighted by atomic mass is 16.7. The van der Waals surface area contributed by atoms with Crippen molar-refractivity contribution in [3.05, 3.63) is 53.3 Å². The lowest BCUT2D eigenvalue weighted by Gasteiger charge is -2.24. The second kappa shape index (κ2) is 9.94. The van der Waals surface area contributed by atoms with Crippen LogP contribution in [0.2, 0.25) is 0 Å². The van der Waals surface area contributed by atoms with Gasteiger partial charge in [0, 0.05) is 25.8 Å². The Morgan fingerprint density at radius 2 is 1.67 bits per heavy atom. The predicted octanol–water partition coefficient (Wildman–Crippen LogP) is 3.89. The summed E-state index contributed by atoms with van der Waals surface area (Å²) >= 11 is 0. The molecular weight excluding hydrogens is 378 g/mol. The minimum Gasteiger partial charge on any atom is -0.454 e. The maximum atomic E-state index is 12.9. The Bertz CT molecular complexity index is 856. The zero-order chi connectivity index (χ0) is 20.8. The molecule has 1 amide bonds. The van der Waals surface area contributed by atoms with Gasteiger partial charge in [0.05, 0.1) is 0 Å². The van der Waals surface area contributed by atoms with Crippen LogP contribution in [0.15, 0.2) is 36.5 Å².